The number of hydrogen-bond acceptors (Lipinski definition) is 2. The molecular formula is C12H12ClN3. The number of hydrogen-bond donors (Lipinski definition) is 0. The Labute approximate surface area is 99.0 Å². The smallest absolute Gasteiger partial charge is 0.0863 e. The molecule has 2 aromatic rings. The van der Waals surface area contributed by atoms with Crippen LogP contribution in [0.25, 0.3) is 5.69 Å². The van der Waals surface area contributed by atoms with Crippen molar-refractivity contribution in [1.82, 2.24) is 15.0 Å². The van der Waals surface area contributed by atoms with Gasteiger partial charge in [-0.2, -0.15) is 0 Å². The van der Waals surface area contributed by atoms with Crippen LogP contribution in [-0.2, 0) is 12.8 Å². The molecule has 1 aromatic heterocycles. The average Bonchev–Trinajstić information content (AvgIpc) is 2.74. The van der Waals surface area contributed by atoms with E-state index in [9.17, 15) is 0 Å². The highest BCUT2D eigenvalue weighted by molar-refractivity contribution is 6.30. The molecular weight excluding hydrogens is 222 g/mol. The SMILES string of the molecule is Clc1ccc(-n2nnc3c2CCCC3)cc1. The van der Waals surface area contributed by atoms with E-state index in [1.54, 1.807) is 0 Å². The second kappa shape index (κ2) is 3.91. The molecule has 16 heavy (non-hydrogen) atoms. The first kappa shape index (κ1) is 9.85. The minimum Gasteiger partial charge on any atom is -0.217 e. The summed E-state index contributed by atoms with van der Waals surface area (Å²) in [5.74, 6) is 0. The highest BCUT2D eigenvalue weighted by Gasteiger charge is 2.17. The van der Waals surface area contributed by atoms with Crippen molar-refractivity contribution in [3.63, 3.8) is 0 Å². The predicted octanol–water partition coefficient (Wildman–Crippen LogP) is 2.80. The third-order valence-electron chi connectivity index (χ3n) is 2.99. The van der Waals surface area contributed by atoms with Crippen molar-refractivity contribution < 1.29 is 0 Å². The van der Waals surface area contributed by atoms with Crippen LogP contribution in [0, 0.1) is 0 Å². The molecule has 1 aliphatic carbocycles. The summed E-state index contributed by atoms with van der Waals surface area (Å²) in [4.78, 5) is 0. The van der Waals surface area contributed by atoms with Crippen LogP contribution < -0.4 is 0 Å². The van der Waals surface area contributed by atoms with Crippen LogP contribution in [0.5, 0.6) is 0 Å². The standard InChI is InChI=1S/C12H12ClN3/c13-9-5-7-10(8-6-9)16-12-4-2-1-3-11(12)14-15-16/h5-8H,1-4H2. The van der Waals surface area contributed by atoms with Gasteiger partial charge in [0.05, 0.1) is 17.1 Å². The molecule has 3 rings (SSSR count). The summed E-state index contributed by atoms with van der Waals surface area (Å²) in [6, 6.07) is 7.72. The monoisotopic (exact) mass is 233 g/mol. The fourth-order valence-corrected chi connectivity index (χ4v) is 2.28. The summed E-state index contributed by atoms with van der Waals surface area (Å²) in [5, 5.41) is 9.20. The fourth-order valence-electron chi connectivity index (χ4n) is 2.15. The molecule has 0 amide bonds. The quantitative estimate of drug-likeness (QED) is 0.758. The van der Waals surface area contributed by atoms with Gasteiger partial charge in [-0.3, -0.25) is 0 Å². The van der Waals surface area contributed by atoms with Crippen molar-refractivity contribution in [2.45, 2.75) is 25.7 Å². The van der Waals surface area contributed by atoms with Crippen LogP contribution in [0.2, 0.25) is 5.02 Å². The number of nitrogens with zero attached hydrogens (tertiary/aromatic N) is 3. The van der Waals surface area contributed by atoms with Gasteiger partial charge < -0.3 is 0 Å². The maximum absolute atomic E-state index is 5.87. The summed E-state index contributed by atoms with van der Waals surface area (Å²) in [6.07, 6.45) is 4.59. The van der Waals surface area contributed by atoms with Gasteiger partial charge in [-0.1, -0.05) is 16.8 Å². The normalized spacial score (nSPS) is 14.8. The molecule has 0 bridgehead atoms. The summed E-state index contributed by atoms with van der Waals surface area (Å²) in [6.45, 7) is 0. The van der Waals surface area contributed by atoms with Gasteiger partial charge in [-0.15, -0.1) is 5.10 Å². The third kappa shape index (κ3) is 1.61. The van der Waals surface area contributed by atoms with Crippen molar-refractivity contribution in [3.8, 4) is 5.69 Å². The maximum atomic E-state index is 5.87. The molecule has 82 valence electrons. The van der Waals surface area contributed by atoms with Gasteiger partial charge in [0.2, 0.25) is 0 Å². The van der Waals surface area contributed by atoms with Gasteiger partial charge in [0.25, 0.3) is 0 Å². The Morgan fingerprint density at radius 2 is 1.81 bits per heavy atom. The first-order valence-corrected chi connectivity index (χ1v) is 5.92. The molecule has 0 aliphatic heterocycles. The molecule has 0 spiro atoms. The first-order valence-electron chi connectivity index (χ1n) is 5.54. The van der Waals surface area contributed by atoms with Gasteiger partial charge in [0.1, 0.15) is 0 Å². The fraction of sp³-hybridized carbons (Fsp3) is 0.333. The number of aryl methyl sites for hydroxylation is 1. The lowest BCUT2D eigenvalue weighted by molar-refractivity contribution is 0.652. The number of aromatic nitrogens is 3. The van der Waals surface area contributed by atoms with E-state index in [0.717, 1.165) is 29.2 Å². The van der Waals surface area contributed by atoms with Crippen molar-refractivity contribution in [1.29, 1.82) is 0 Å². The van der Waals surface area contributed by atoms with E-state index in [0.29, 0.717) is 0 Å². The van der Waals surface area contributed by atoms with Crippen LogP contribution in [0.4, 0.5) is 0 Å². The zero-order valence-corrected chi connectivity index (χ0v) is 9.61. The maximum Gasteiger partial charge on any atom is 0.0863 e. The predicted molar refractivity (Wildman–Crippen MR) is 63.0 cm³/mol. The molecule has 3 nitrogen and oxygen atoms in total. The number of halogens is 1. The second-order valence-electron chi connectivity index (χ2n) is 4.08. The van der Waals surface area contributed by atoms with Crippen LogP contribution in [0.15, 0.2) is 24.3 Å². The molecule has 1 aromatic carbocycles. The lowest BCUT2D eigenvalue weighted by atomic mass is 10.0. The van der Waals surface area contributed by atoms with E-state index in [4.69, 9.17) is 11.6 Å². The molecule has 0 saturated carbocycles. The van der Waals surface area contributed by atoms with Crippen LogP contribution in [-0.4, -0.2) is 15.0 Å². The molecule has 1 heterocycles. The van der Waals surface area contributed by atoms with Crippen molar-refractivity contribution in [2.75, 3.05) is 0 Å². The van der Waals surface area contributed by atoms with E-state index in [1.165, 1.54) is 18.5 Å². The highest BCUT2D eigenvalue weighted by Crippen LogP contribution is 2.22. The number of rotatable bonds is 1. The van der Waals surface area contributed by atoms with Crippen LogP contribution in [0.1, 0.15) is 24.2 Å². The summed E-state index contributed by atoms with van der Waals surface area (Å²) in [7, 11) is 0. The molecule has 4 heteroatoms. The summed E-state index contributed by atoms with van der Waals surface area (Å²) < 4.78 is 1.94. The van der Waals surface area contributed by atoms with Crippen molar-refractivity contribution in [3.05, 3.63) is 40.7 Å². The number of fused-ring (bicyclic) bond motifs is 1. The molecule has 0 atom stereocenters. The molecule has 0 saturated heterocycles. The number of benzene rings is 1. The Morgan fingerprint density at radius 1 is 1.06 bits per heavy atom. The van der Waals surface area contributed by atoms with E-state index in [1.807, 2.05) is 28.9 Å². The molecule has 0 N–H and O–H groups in total. The third-order valence-corrected chi connectivity index (χ3v) is 3.24. The van der Waals surface area contributed by atoms with Gasteiger partial charge >= 0.3 is 0 Å². The lowest BCUT2D eigenvalue weighted by Gasteiger charge is -2.11. The lowest BCUT2D eigenvalue weighted by Crippen LogP contribution is -2.07. The van der Waals surface area contributed by atoms with E-state index >= 15 is 0 Å². The van der Waals surface area contributed by atoms with Gasteiger partial charge in [0, 0.05) is 5.02 Å². The Kier molecular flexibility index (Phi) is 2.40. The second-order valence-corrected chi connectivity index (χ2v) is 4.51. The topological polar surface area (TPSA) is 30.7 Å². The average molecular weight is 234 g/mol. The Bertz CT molecular complexity index is 501. The van der Waals surface area contributed by atoms with Crippen LogP contribution >= 0.6 is 11.6 Å². The highest BCUT2D eigenvalue weighted by atomic mass is 35.5. The first-order chi connectivity index (χ1) is 7.84. The van der Waals surface area contributed by atoms with Crippen molar-refractivity contribution >= 4 is 11.6 Å². The zero-order valence-electron chi connectivity index (χ0n) is 8.86. The summed E-state index contributed by atoms with van der Waals surface area (Å²) in [5.41, 5.74) is 3.45. The molecule has 1 aliphatic rings. The van der Waals surface area contributed by atoms with E-state index < -0.39 is 0 Å². The van der Waals surface area contributed by atoms with Gasteiger partial charge in [-0.25, -0.2) is 4.68 Å². The van der Waals surface area contributed by atoms with Gasteiger partial charge in [-0.05, 0) is 49.9 Å². The van der Waals surface area contributed by atoms with Crippen molar-refractivity contribution in [2.24, 2.45) is 0 Å². The minimum absolute atomic E-state index is 0.748. The van der Waals surface area contributed by atoms with Gasteiger partial charge in [0.15, 0.2) is 0 Å². The Hall–Kier alpha value is -1.35. The largest absolute Gasteiger partial charge is 0.217 e. The molecule has 0 radical (unpaired) electrons. The summed E-state index contributed by atoms with van der Waals surface area (Å²) >= 11 is 5.87. The molecule has 0 unspecified atom stereocenters. The minimum atomic E-state index is 0.748. The van der Waals surface area contributed by atoms with E-state index in [-0.39, 0.29) is 0 Å². The van der Waals surface area contributed by atoms with E-state index in [2.05, 4.69) is 10.3 Å². The zero-order chi connectivity index (χ0) is 11.0. The van der Waals surface area contributed by atoms with Crippen LogP contribution in [0.3, 0.4) is 0 Å². The Balaban J connectivity index is 2.06. The molecule has 0 fully saturated rings. The Morgan fingerprint density at radius 3 is 2.62 bits per heavy atom.